The molecule has 0 fully saturated rings. The van der Waals surface area contributed by atoms with Crippen LogP contribution in [0.2, 0.25) is 0 Å². The first-order valence-electron chi connectivity index (χ1n) is 11.3. The molecule has 1 amide bonds. The van der Waals surface area contributed by atoms with E-state index in [1.54, 1.807) is 30.3 Å². The summed E-state index contributed by atoms with van der Waals surface area (Å²) in [6.07, 6.45) is 0.835. The van der Waals surface area contributed by atoms with Crippen molar-refractivity contribution in [3.8, 4) is 0 Å². The van der Waals surface area contributed by atoms with Crippen molar-refractivity contribution in [2.24, 2.45) is 0 Å². The molecular formula is C28H26N2O3S2. The van der Waals surface area contributed by atoms with Gasteiger partial charge in [-0.2, -0.15) is 0 Å². The standard InChI is InChI=1S/C28H26N2O3S2/c1-2-22-17-19-23(20-18-22)30(35(32,33)25-13-7-4-8-14-25)21-28(31)29-26-15-9-10-16-27(26)34-24-11-5-3-6-12-24/h3-20H,2,21H2,1H3,(H,29,31). The van der Waals surface area contributed by atoms with E-state index in [9.17, 15) is 13.2 Å². The van der Waals surface area contributed by atoms with Gasteiger partial charge in [-0.3, -0.25) is 9.10 Å². The highest BCUT2D eigenvalue weighted by Gasteiger charge is 2.27. The van der Waals surface area contributed by atoms with Crippen LogP contribution >= 0.6 is 11.8 Å². The van der Waals surface area contributed by atoms with Crippen molar-refractivity contribution in [2.75, 3.05) is 16.2 Å². The van der Waals surface area contributed by atoms with Crippen molar-refractivity contribution in [2.45, 2.75) is 28.0 Å². The summed E-state index contributed by atoms with van der Waals surface area (Å²) < 4.78 is 28.2. The summed E-state index contributed by atoms with van der Waals surface area (Å²) in [4.78, 5) is 15.2. The van der Waals surface area contributed by atoms with E-state index in [-0.39, 0.29) is 11.4 Å². The Hall–Kier alpha value is -3.55. The van der Waals surface area contributed by atoms with Gasteiger partial charge in [0.05, 0.1) is 16.3 Å². The molecule has 0 spiro atoms. The van der Waals surface area contributed by atoms with Gasteiger partial charge in [-0.25, -0.2) is 8.42 Å². The van der Waals surface area contributed by atoms with E-state index in [1.807, 2.05) is 73.7 Å². The number of rotatable bonds is 9. The molecule has 5 nitrogen and oxygen atoms in total. The highest BCUT2D eigenvalue weighted by Crippen LogP contribution is 2.33. The van der Waals surface area contributed by atoms with Crippen molar-refractivity contribution in [3.63, 3.8) is 0 Å². The monoisotopic (exact) mass is 502 g/mol. The molecule has 0 atom stereocenters. The van der Waals surface area contributed by atoms with Crippen LogP contribution in [0.1, 0.15) is 12.5 Å². The molecule has 0 aliphatic carbocycles. The van der Waals surface area contributed by atoms with Gasteiger partial charge >= 0.3 is 0 Å². The lowest BCUT2D eigenvalue weighted by Gasteiger charge is -2.24. The Bertz CT molecular complexity index is 1370. The largest absolute Gasteiger partial charge is 0.323 e. The zero-order chi connectivity index (χ0) is 24.7. The smallest absolute Gasteiger partial charge is 0.264 e. The van der Waals surface area contributed by atoms with Gasteiger partial charge in [0.1, 0.15) is 6.54 Å². The zero-order valence-corrected chi connectivity index (χ0v) is 20.9. The van der Waals surface area contributed by atoms with E-state index in [2.05, 4.69) is 5.32 Å². The molecule has 35 heavy (non-hydrogen) atoms. The number of nitrogens with zero attached hydrogens (tertiary/aromatic N) is 1. The summed E-state index contributed by atoms with van der Waals surface area (Å²) in [6, 6.07) is 32.8. The molecule has 0 aliphatic heterocycles. The number of nitrogens with one attached hydrogen (secondary N) is 1. The minimum absolute atomic E-state index is 0.132. The third-order valence-electron chi connectivity index (χ3n) is 5.38. The molecule has 0 saturated heterocycles. The van der Waals surface area contributed by atoms with Crippen molar-refractivity contribution < 1.29 is 13.2 Å². The maximum Gasteiger partial charge on any atom is 0.264 e. The van der Waals surface area contributed by atoms with Crippen LogP contribution in [0.5, 0.6) is 0 Å². The summed E-state index contributed by atoms with van der Waals surface area (Å²) in [5.41, 5.74) is 2.15. The summed E-state index contributed by atoms with van der Waals surface area (Å²) in [6.45, 7) is 1.68. The minimum Gasteiger partial charge on any atom is -0.323 e. The molecule has 4 rings (SSSR count). The lowest BCUT2D eigenvalue weighted by molar-refractivity contribution is -0.114. The minimum atomic E-state index is -3.95. The van der Waals surface area contributed by atoms with E-state index >= 15 is 0 Å². The Kier molecular flexibility index (Phi) is 7.90. The summed E-state index contributed by atoms with van der Waals surface area (Å²) in [7, 11) is -3.95. The first kappa shape index (κ1) is 24.6. The van der Waals surface area contributed by atoms with Gasteiger partial charge in [-0.1, -0.05) is 79.3 Å². The molecule has 0 unspecified atom stereocenters. The molecule has 0 aromatic heterocycles. The number of hydrogen-bond donors (Lipinski definition) is 1. The number of para-hydroxylation sites is 1. The van der Waals surface area contributed by atoms with Gasteiger partial charge in [0.2, 0.25) is 5.91 Å². The number of anilines is 2. The third-order valence-corrected chi connectivity index (χ3v) is 8.26. The number of sulfonamides is 1. The van der Waals surface area contributed by atoms with E-state index in [4.69, 9.17) is 0 Å². The fourth-order valence-corrected chi connectivity index (χ4v) is 5.89. The molecule has 4 aromatic rings. The van der Waals surface area contributed by atoms with Crippen LogP contribution in [-0.4, -0.2) is 20.9 Å². The third kappa shape index (κ3) is 6.12. The topological polar surface area (TPSA) is 66.5 Å². The predicted molar refractivity (Wildman–Crippen MR) is 142 cm³/mol. The number of amides is 1. The Balaban J connectivity index is 1.61. The summed E-state index contributed by atoms with van der Waals surface area (Å²) in [5.74, 6) is -0.426. The van der Waals surface area contributed by atoms with Crippen LogP contribution in [0.25, 0.3) is 0 Å². The molecule has 4 aromatic carbocycles. The fraction of sp³-hybridized carbons (Fsp3) is 0.107. The van der Waals surface area contributed by atoms with Crippen LogP contribution in [0.15, 0.2) is 124 Å². The van der Waals surface area contributed by atoms with Gasteiger partial charge in [0.15, 0.2) is 0 Å². The Morgan fingerprint density at radius 3 is 2.06 bits per heavy atom. The second-order valence-corrected chi connectivity index (χ2v) is 10.8. The molecular weight excluding hydrogens is 476 g/mol. The van der Waals surface area contributed by atoms with Crippen molar-refractivity contribution in [3.05, 3.63) is 115 Å². The predicted octanol–water partition coefficient (Wildman–Crippen LogP) is 6.23. The summed E-state index contributed by atoms with van der Waals surface area (Å²) in [5, 5.41) is 2.91. The van der Waals surface area contributed by atoms with E-state index < -0.39 is 15.9 Å². The molecule has 0 heterocycles. The molecule has 0 aliphatic rings. The molecule has 178 valence electrons. The van der Waals surface area contributed by atoms with Crippen molar-refractivity contribution in [1.29, 1.82) is 0 Å². The number of hydrogen-bond acceptors (Lipinski definition) is 4. The van der Waals surface area contributed by atoms with E-state index in [0.29, 0.717) is 11.4 Å². The Labute approximate surface area is 210 Å². The zero-order valence-electron chi connectivity index (χ0n) is 19.3. The maximum atomic E-state index is 13.5. The molecule has 0 saturated carbocycles. The van der Waals surface area contributed by atoms with E-state index in [0.717, 1.165) is 26.1 Å². The molecule has 1 N–H and O–H groups in total. The second-order valence-electron chi connectivity index (χ2n) is 7.80. The quantitative estimate of drug-likeness (QED) is 0.294. The molecule has 7 heteroatoms. The lowest BCUT2D eigenvalue weighted by Crippen LogP contribution is -2.38. The van der Waals surface area contributed by atoms with Crippen LogP contribution in [0, 0.1) is 0 Å². The average molecular weight is 503 g/mol. The molecule has 0 bridgehead atoms. The molecule has 0 radical (unpaired) electrons. The van der Waals surface area contributed by atoms with Gasteiger partial charge < -0.3 is 5.32 Å². The Morgan fingerprint density at radius 2 is 1.40 bits per heavy atom. The maximum absolute atomic E-state index is 13.5. The van der Waals surface area contributed by atoms with Crippen LogP contribution in [0.4, 0.5) is 11.4 Å². The number of aryl methyl sites for hydroxylation is 1. The van der Waals surface area contributed by atoms with Crippen LogP contribution in [0.3, 0.4) is 0 Å². The first-order valence-corrected chi connectivity index (χ1v) is 13.5. The Morgan fingerprint density at radius 1 is 0.800 bits per heavy atom. The van der Waals surface area contributed by atoms with Crippen molar-refractivity contribution in [1.82, 2.24) is 0 Å². The average Bonchev–Trinajstić information content (AvgIpc) is 2.89. The summed E-state index contributed by atoms with van der Waals surface area (Å²) >= 11 is 1.53. The van der Waals surface area contributed by atoms with Gasteiger partial charge in [-0.05, 0) is 60.5 Å². The van der Waals surface area contributed by atoms with Gasteiger partial charge in [0, 0.05) is 9.79 Å². The van der Waals surface area contributed by atoms with Crippen LogP contribution < -0.4 is 9.62 Å². The number of carbonyl (C=O) groups excluding carboxylic acids is 1. The van der Waals surface area contributed by atoms with Gasteiger partial charge in [-0.15, -0.1) is 0 Å². The van der Waals surface area contributed by atoms with Gasteiger partial charge in [0.25, 0.3) is 10.0 Å². The van der Waals surface area contributed by atoms with Crippen molar-refractivity contribution >= 4 is 39.1 Å². The van der Waals surface area contributed by atoms with E-state index in [1.165, 1.54) is 23.9 Å². The number of carbonyl (C=O) groups is 1. The highest BCUT2D eigenvalue weighted by atomic mass is 32.2. The fourth-order valence-electron chi connectivity index (χ4n) is 3.53. The number of benzene rings is 4. The lowest BCUT2D eigenvalue weighted by atomic mass is 10.1. The highest BCUT2D eigenvalue weighted by molar-refractivity contribution is 7.99. The first-order chi connectivity index (χ1) is 17.0. The normalized spacial score (nSPS) is 11.1. The van der Waals surface area contributed by atoms with Crippen LogP contribution in [-0.2, 0) is 21.2 Å². The second kappa shape index (κ2) is 11.3. The SMILES string of the molecule is CCc1ccc(N(CC(=O)Nc2ccccc2Sc2ccccc2)S(=O)(=O)c2ccccc2)cc1.